The van der Waals surface area contributed by atoms with E-state index >= 15 is 0 Å². The smallest absolute Gasteiger partial charge is 0.248 e. The number of hydrogen-bond donors (Lipinski definition) is 3. The Morgan fingerprint density at radius 3 is 2.78 bits per heavy atom. The van der Waals surface area contributed by atoms with Gasteiger partial charge in [-0.15, -0.1) is 0 Å². The van der Waals surface area contributed by atoms with Crippen molar-refractivity contribution in [2.24, 2.45) is 0 Å². The summed E-state index contributed by atoms with van der Waals surface area (Å²) in [5.41, 5.74) is 2.54. The molecule has 4 aromatic rings. The number of aromatic amines is 2. The predicted molar refractivity (Wildman–Crippen MR) is 118 cm³/mol. The van der Waals surface area contributed by atoms with Crippen LogP contribution in [0.1, 0.15) is 24.6 Å². The number of piperidine rings is 1. The molecule has 9 heteroatoms. The van der Waals surface area contributed by atoms with E-state index in [1.165, 1.54) is 18.2 Å². The molecule has 1 aliphatic rings. The van der Waals surface area contributed by atoms with E-state index in [1.807, 2.05) is 6.07 Å². The Morgan fingerprint density at radius 2 is 1.97 bits per heavy atom. The van der Waals surface area contributed by atoms with Crippen LogP contribution in [-0.4, -0.2) is 50.0 Å². The second kappa shape index (κ2) is 8.26. The molecule has 5 rings (SSSR count). The zero-order valence-electron chi connectivity index (χ0n) is 17.1. The van der Waals surface area contributed by atoms with Crippen molar-refractivity contribution in [3.8, 4) is 0 Å². The average Bonchev–Trinajstić information content (AvgIpc) is 3.45. The van der Waals surface area contributed by atoms with Gasteiger partial charge in [0.25, 0.3) is 0 Å². The number of halogens is 1. The molecular weight excluding hydrogens is 411 g/mol. The maximum Gasteiger partial charge on any atom is 0.248 e. The van der Waals surface area contributed by atoms with Crippen molar-refractivity contribution in [3.05, 3.63) is 66.4 Å². The molecule has 32 heavy (non-hydrogen) atoms. The lowest BCUT2D eigenvalue weighted by Gasteiger charge is -2.30. The molecule has 0 spiro atoms. The number of imidazole rings is 1. The highest BCUT2D eigenvalue weighted by atomic mass is 19.1. The fourth-order valence-electron chi connectivity index (χ4n) is 4.04. The van der Waals surface area contributed by atoms with Crippen LogP contribution in [-0.2, 0) is 9.59 Å². The number of amides is 2. The Balaban J connectivity index is 1.16. The van der Waals surface area contributed by atoms with Crippen molar-refractivity contribution in [3.63, 3.8) is 0 Å². The lowest BCUT2D eigenvalue weighted by molar-refractivity contribution is -0.127. The molecule has 0 radical (unpaired) electrons. The summed E-state index contributed by atoms with van der Waals surface area (Å²) in [6.45, 7) is 1.10. The van der Waals surface area contributed by atoms with E-state index in [0.29, 0.717) is 29.8 Å². The number of fused-ring (bicyclic) bond motifs is 2. The van der Waals surface area contributed by atoms with Crippen LogP contribution >= 0.6 is 0 Å². The minimum absolute atomic E-state index is 0.135. The molecule has 0 aliphatic carbocycles. The first kappa shape index (κ1) is 19.9. The van der Waals surface area contributed by atoms with Crippen LogP contribution in [0.15, 0.2) is 54.7 Å². The van der Waals surface area contributed by atoms with Crippen LogP contribution in [0.2, 0.25) is 0 Å². The van der Waals surface area contributed by atoms with Gasteiger partial charge in [-0.1, -0.05) is 6.07 Å². The zero-order valence-corrected chi connectivity index (χ0v) is 17.1. The normalized spacial score (nSPS) is 15.1. The highest BCUT2D eigenvalue weighted by molar-refractivity contribution is 6.04. The van der Waals surface area contributed by atoms with E-state index in [2.05, 4.69) is 25.5 Å². The van der Waals surface area contributed by atoms with Gasteiger partial charge in [0.2, 0.25) is 11.8 Å². The number of rotatable bonds is 4. The number of hydrogen-bond acceptors (Lipinski definition) is 4. The summed E-state index contributed by atoms with van der Waals surface area (Å²) in [4.78, 5) is 34.0. The van der Waals surface area contributed by atoms with E-state index in [1.54, 1.807) is 35.4 Å². The molecule has 0 unspecified atom stereocenters. The number of carbonyl (C=O) groups is 2. The molecule has 162 valence electrons. The number of para-hydroxylation sites is 1. The summed E-state index contributed by atoms with van der Waals surface area (Å²) < 4.78 is 13.9. The molecule has 3 heterocycles. The SMILES string of the molecule is O=C(/C=C/C(=O)N1CCC(c2nc3c(F)cccc3[nH]2)CC1)Nc1ccc2[nH]ncc2c1. The van der Waals surface area contributed by atoms with E-state index < -0.39 is 0 Å². The fourth-order valence-corrected chi connectivity index (χ4v) is 4.04. The van der Waals surface area contributed by atoms with Crippen LogP contribution in [0.3, 0.4) is 0 Å². The molecule has 1 fully saturated rings. The second-order valence-corrected chi connectivity index (χ2v) is 7.85. The number of aromatic nitrogens is 4. The lowest BCUT2D eigenvalue weighted by Crippen LogP contribution is -2.37. The molecule has 1 aliphatic heterocycles. The quantitative estimate of drug-likeness (QED) is 0.429. The summed E-state index contributed by atoms with van der Waals surface area (Å²) in [7, 11) is 0. The summed E-state index contributed by atoms with van der Waals surface area (Å²) in [5, 5.41) is 10.4. The number of benzene rings is 2. The first-order valence-electron chi connectivity index (χ1n) is 10.4. The summed E-state index contributed by atoms with van der Waals surface area (Å²) in [6, 6.07) is 10.2. The largest absolute Gasteiger partial charge is 0.342 e. The molecule has 2 aromatic heterocycles. The molecule has 2 aromatic carbocycles. The standard InChI is InChI=1S/C23H21FN6O2/c24-17-2-1-3-19-22(17)28-23(27-19)14-8-10-30(11-9-14)21(32)7-6-20(31)26-16-4-5-18-15(12-16)13-25-29-18/h1-7,12-14H,8-11H2,(H,25,29)(H,26,31)(H,27,28)/b7-6+. The van der Waals surface area contributed by atoms with E-state index in [-0.39, 0.29) is 23.5 Å². The number of nitrogens with zero attached hydrogens (tertiary/aromatic N) is 3. The zero-order chi connectivity index (χ0) is 22.1. The number of nitrogens with one attached hydrogen (secondary N) is 3. The van der Waals surface area contributed by atoms with E-state index in [4.69, 9.17) is 0 Å². The van der Waals surface area contributed by atoms with Crippen molar-refractivity contribution in [2.75, 3.05) is 18.4 Å². The van der Waals surface area contributed by atoms with Gasteiger partial charge in [0.15, 0.2) is 5.82 Å². The van der Waals surface area contributed by atoms with Gasteiger partial charge in [-0.2, -0.15) is 5.10 Å². The molecule has 0 atom stereocenters. The number of anilines is 1. The third-order valence-corrected chi connectivity index (χ3v) is 5.76. The molecule has 0 bridgehead atoms. The van der Waals surface area contributed by atoms with Crippen molar-refractivity contribution in [1.29, 1.82) is 0 Å². The van der Waals surface area contributed by atoms with Gasteiger partial charge >= 0.3 is 0 Å². The summed E-state index contributed by atoms with van der Waals surface area (Å²) in [5.74, 6) is -0.0386. The van der Waals surface area contributed by atoms with Gasteiger partial charge in [0.05, 0.1) is 17.2 Å². The van der Waals surface area contributed by atoms with Crippen molar-refractivity contribution in [2.45, 2.75) is 18.8 Å². The third-order valence-electron chi connectivity index (χ3n) is 5.76. The van der Waals surface area contributed by atoms with Crippen LogP contribution in [0, 0.1) is 5.82 Å². The van der Waals surface area contributed by atoms with Gasteiger partial charge in [0, 0.05) is 42.2 Å². The average molecular weight is 432 g/mol. The molecular formula is C23H21FN6O2. The van der Waals surface area contributed by atoms with E-state index in [0.717, 1.165) is 29.6 Å². The number of likely N-dealkylation sites (tertiary alicyclic amines) is 1. The van der Waals surface area contributed by atoms with Gasteiger partial charge in [0.1, 0.15) is 11.3 Å². The van der Waals surface area contributed by atoms with E-state index in [9.17, 15) is 14.0 Å². The predicted octanol–water partition coefficient (Wildman–Crippen LogP) is 3.48. The van der Waals surface area contributed by atoms with Crippen LogP contribution < -0.4 is 5.32 Å². The van der Waals surface area contributed by atoms with Gasteiger partial charge in [-0.05, 0) is 43.2 Å². The van der Waals surface area contributed by atoms with Crippen LogP contribution in [0.4, 0.5) is 10.1 Å². The first-order chi connectivity index (χ1) is 15.6. The molecule has 0 saturated carbocycles. The minimum atomic E-state index is -0.375. The number of H-pyrrole nitrogens is 2. The Hall–Kier alpha value is -4.01. The Bertz CT molecular complexity index is 1330. The maximum absolute atomic E-state index is 13.9. The van der Waals surface area contributed by atoms with Crippen LogP contribution in [0.25, 0.3) is 21.9 Å². The Morgan fingerprint density at radius 1 is 1.12 bits per heavy atom. The van der Waals surface area contributed by atoms with Crippen molar-refractivity contribution >= 4 is 39.4 Å². The molecule has 1 saturated heterocycles. The maximum atomic E-state index is 13.9. The summed E-state index contributed by atoms with van der Waals surface area (Å²) in [6.07, 6.45) is 5.66. The van der Waals surface area contributed by atoms with Crippen molar-refractivity contribution < 1.29 is 14.0 Å². The molecule has 2 amide bonds. The Labute approximate surface area is 182 Å². The highest BCUT2D eigenvalue weighted by Crippen LogP contribution is 2.28. The monoisotopic (exact) mass is 432 g/mol. The third kappa shape index (κ3) is 3.96. The second-order valence-electron chi connectivity index (χ2n) is 7.85. The Kier molecular flexibility index (Phi) is 5.14. The fraction of sp³-hybridized carbons (Fsp3) is 0.217. The van der Waals surface area contributed by atoms with Gasteiger partial charge in [-0.25, -0.2) is 9.37 Å². The topological polar surface area (TPSA) is 107 Å². The van der Waals surface area contributed by atoms with Gasteiger partial charge in [-0.3, -0.25) is 14.7 Å². The highest BCUT2D eigenvalue weighted by Gasteiger charge is 2.25. The van der Waals surface area contributed by atoms with Crippen LogP contribution in [0.5, 0.6) is 0 Å². The number of carbonyl (C=O) groups excluding carboxylic acids is 2. The minimum Gasteiger partial charge on any atom is -0.342 e. The van der Waals surface area contributed by atoms with Crippen molar-refractivity contribution in [1.82, 2.24) is 25.1 Å². The van der Waals surface area contributed by atoms with Gasteiger partial charge < -0.3 is 15.2 Å². The summed E-state index contributed by atoms with van der Waals surface area (Å²) >= 11 is 0. The lowest BCUT2D eigenvalue weighted by atomic mass is 9.96. The molecule has 3 N–H and O–H groups in total. The first-order valence-corrected chi connectivity index (χ1v) is 10.4. The molecule has 8 nitrogen and oxygen atoms in total.